The van der Waals surface area contributed by atoms with E-state index in [9.17, 15) is 34.2 Å². The van der Waals surface area contributed by atoms with Crippen molar-refractivity contribution >= 4 is 95.7 Å². The Kier molecular flexibility index (Phi) is 20.6. The number of nitrogens with one attached hydrogen (secondary N) is 3. The highest BCUT2D eigenvalue weighted by molar-refractivity contribution is 7.22. The molecule has 5 N–H and O–H groups in total. The zero-order valence-corrected chi connectivity index (χ0v) is 53.4. The van der Waals surface area contributed by atoms with Crippen molar-refractivity contribution in [3.05, 3.63) is 117 Å². The van der Waals surface area contributed by atoms with E-state index in [-0.39, 0.29) is 61.2 Å². The van der Waals surface area contributed by atoms with E-state index in [1.54, 1.807) is 34.8 Å². The van der Waals surface area contributed by atoms with Crippen LogP contribution in [0, 0.1) is 36.9 Å². The number of aliphatic hydroxyl groups excluding tert-OH is 1. The number of aromatic nitrogens is 5. The fraction of sp³-hybridized carbons (Fsp3) is 0.446. The quantitative estimate of drug-likeness (QED) is 0.0313. The van der Waals surface area contributed by atoms with Crippen LogP contribution in [-0.2, 0) is 32.0 Å². The zero-order chi connectivity index (χ0) is 62.9. The van der Waals surface area contributed by atoms with E-state index in [1.165, 1.54) is 22.3 Å². The summed E-state index contributed by atoms with van der Waals surface area (Å²) in [6.45, 7) is 15.0. The lowest BCUT2D eigenvalue weighted by molar-refractivity contribution is -0.144. The summed E-state index contributed by atoms with van der Waals surface area (Å²) in [7, 11) is 0. The van der Waals surface area contributed by atoms with E-state index in [0.29, 0.717) is 105 Å². The van der Waals surface area contributed by atoms with Crippen molar-refractivity contribution in [2.24, 2.45) is 5.41 Å². The first-order valence-electron chi connectivity index (χ1n) is 30.3. The molecule has 3 aliphatic rings. The van der Waals surface area contributed by atoms with Crippen molar-refractivity contribution in [1.82, 2.24) is 50.5 Å². The number of carbonyl (C=O) groups is 5. The average molecular weight is 1270 g/mol. The number of aryl methyl sites for hydroxylation is 2. The van der Waals surface area contributed by atoms with Crippen molar-refractivity contribution in [1.29, 1.82) is 0 Å². The Labute approximate surface area is 529 Å². The lowest BCUT2D eigenvalue weighted by Crippen LogP contribution is -2.57. The Morgan fingerprint density at radius 3 is 2.40 bits per heavy atom. The number of thiazole rings is 3. The number of likely N-dealkylation sites (tertiary alicyclic amines) is 1. The minimum absolute atomic E-state index is 0.0195. The third-order valence-electron chi connectivity index (χ3n) is 16.4. The number of hydrogen-bond acceptors (Lipinski definition) is 18. The van der Waals surface area contributed by atoms with Gasteiger partial charge in [-0.15, -0.1) is 32.9 Å². The first-order valence-corrected chi connectivity index (χ1v) is 32.8. The van der Waals surface area contributed by atoms with Crippen molar-refractivity contribution in [3.8, 4) is 28.0 Å². The molecule has 468 valence electrons. The second kappa shape index (κ2) is 28.7. The SMILES string of the molecule is Cc1ncsc1-c1ccc(C(C)NC(=O)[C@H]2CC(O)CN2C(=O)[C@H](NC(=O)CCCCCC(=O)N2CCN(CC#Cc3ccc(OCCCc4sc(N5CCCc6c5nnc(Nc5nc7ccccc7s5)c6C)nc4C(=O)O)c(F)c3)CC2)C(C)(C)C)cc1. The normalized spacial score (nSPS) is 16.7. The molecule has 0 bridgehead atoms. The molecule has 4 amide bonds. The Bertz CT molecular complexity index is 3740. The first kappa shape index (κ1) is 64.0. The predicted molar refractivity (Wildman–Crippen MR) is 344 cm³/mol. The number of aromatic carboxylic acids is 1. The highest BCUT2D eigenvalue weighted by atomic mass is 32.1. The third kappa shape index (κ3) is 15.7. The monoisotopic (exact) mass is 1270 g/mol. The van der Waals surface area contributed by atoms with E-state index in [2.05, 4.69) is 57.8 Å². The van der Waals surface area contributed by atoms with Crippen LogP contribution in [0.4, 0.5) is 26.3 Å². The molecule has 2 saturated heterocycles. The number of β-amino-alcohol motifs (C(OH)–C–C–N with tert-alkyl or cyclic N) is 1. The second-order valence-corrected chi connectivity index (χ2v) is 26.9. The van der Waals surface area contributed by atoms with Crippen LogP contribution in [0.15, 0.2) is 72.2 Å². The van der Waals surface area contributed by atoms with Gasteiger partial charge in [-0.05, 0) is 106 Å². The number of ether oxygens (including phenoxy) is 1. The second-order valence-electron chi connectivity index (χ2n) is 23.9. The Morgan fingerprint density at radius 1 is 0.899 bits per heavy atom. The maximum absolute atomic E-state index is 15.3. The van der Waals surface area contributed by atoms with Gasteiger partial charge in [0.2, 0.25) is 23.6 Å². The van der Waals surface area contributed by atoms with Crippen LogP contribution in [0.5, 0.6) is 5.75 Å². The summed E-state index contributed by atoms with van der Waals surface area (Å²) in [6.07, 6.45) is 3.90. The molecular weight excluding hydrogens is 1190 g/mol. The number of aliphatic hydroxyl groups is 1. The van der Waals surface area contributed by atoms with Crippen molar-refractivity contribution in [2.45, 2.75) is 130 Å². The standard InChI is InChI=1S/C65H75FN12O8S3/c1-39-46-16-13-29-77(59(46)74-73-58(39)72-63-69-48-17-10-11-18-51(48)88-63)64-71-55(62(84)85)52(89-64)19-14-34-86-50-27-22-42(35-47(50)66)15-12-28-75-30-32-76(33-31-75)54(81)21-9-7-8-20-53(80)70-57(65(4,5)6)61(83)78-37-45(79)36-49(78)60(82)68-40(2)43-23-25-44(26-24-43)56-41(3)67-38-87-56/h10-11,17-18,22-27,35,38,40,45,49,57,79H,7-9,13-14,16,19-21,28-34,36-37H2,1-6H3,(H,68,82)(H,70,80)(H,84,85)(H,69,72,73)/t40?,45?,49-,57+/m1/s1. The van der Waals surface area contributed by atoms with Gasteiger partial charge in [0.05, 0.1) is 51.6 Å². The maximum atomic E-state index is 15.3. The van der Waals surface area contributed by atoms with Gasteiger partial charge < -0.3 is 45.6 Å². The van der Waals surface area contributed by atoms with Crippen LogP contribution in [0.3, 0.4) is 0 Å². The Morgan fingerprint density at radius 2 is 1.67 bits per heavy atom. The van der Waals surface area contributed by atoms with Crippen molar-refractivity contribution in [3.63, 3.8) is 0 Å². The average Bonchev–Trinajstić information content (AvgIpc) is 2.05. The number of piperazine rings is 1. The summed E-state index contributed by atoms with van der Waals surface area (Å²) in [5.41, 5.74) is 7.35. The van der Waals surface area contributed by atoms with Crippen LogP contribution in [-0.4, -0.2) is 150 Å². The largest absolute Gasteiger partial charge is 0.491 e. The fourth-order valence-corrected chi connectivity index (χ4v) is 14.2. The summed E-state index contributed by atoms with van der Waals surface area (Å²) in [6, 6.07) is 18.2. The molecule has 20 nitrogen and oxygen atoms in total. The van der Waals surface area contributed by atoms with Crippen LogP contribution >= 0.6 is 34.0 Å². The number of para-hydroxylation sites is 1. The molecule has 0 saturated carbocycles. The molecule has 4 aromatic heterocycles. The van der Waals surface area contributed by atoms with Crippen LogP contribution in [0.1, 0.15) is 128 Å². The maximum Gasteiger partial charge on any atom is 0.355 e. The highest BCUT2D eigenvalue weighted by Gasteiger charge is 2.45. The Hall–Kier alpha value is -7.95. The van der Waals surface area contributed by atoms with Gasteiger partial charge in [0.15, 0.2) is 39.2 Å². The number of carboxylic acids is 1. The molecule has 2 unspecified atom stereocenters. The summed E-state index contributed by atoms with van der Waals surface area (Å²) < 4.78 is 22.2. The molecule has 7 heterocycles. The van der Waals surface area contributed by atoms with E-state index < -0.39 is 41.3 Å². The van der Waals surface area contributed by atoms with E-state index in [0.717, 1.165) is 61.0 Å². The van der Waals surface area contributed by atoms with Gasteiger partial charge >= 0.3 is 5.97 Å². The van der Waals surface area contributed by atoms with Gasteiger partial charge in [-0.2, -0.15) is 0 Å². The van der Waals surface area contributed by atoms with Gasteiger partial charge in [-0.25, -0.2) is 24.1 Å². The number of nitrogens with zero attached hydrogens (tertiary/aromatic N) is 9. The smallest absolute Gasteiger partial charge is 0.355 e. The topological polar surface area (TPSA) is 249 Å². The molecule has 2 fully saturated rings. The van der Waals surface area contributed by atoms with E-state index in [1.807, 2.05) is 105 Å². The molecule has 0 aliphatic carbocycles. The number of fused-ring (bicyclic) bond motifs is 2. The molecule has 10 rings (SSSR count). The number of anilines is 4. The molecular formula is C65H75FN12O8S3. The van der Waals surface area contributed by atoms with Crippen LogP contribution in [0.25, 0.3) is 20.7 Å². The molecule has 24 heteroatoms. The zero-order valence-electron chi connectivity index (χ0n) is 50.9. The summed E-state index contributed by atoms with van der Waals surface area (Å²) in [5.74, 6) is 4.81. The summed E-state index contributed by atoms with van der Waals surface area (Å²) in [4.78, 5) is 89.4. The van der Waals surface area contributed by atoms with Gasteiger partial charge in [0, 0.05) is 80.1 Å². The number of halogens is 1. The minimum atomic E-state index is -1.13. The van der Waals surface area contributed by atoms with Gasteiger partial charge in [0.1, 0.15) is 12.1 Å². The molecule has 0 radical (unpaired) electrons. The number of unbranched alkanes of at least 4 members (excludes halogenated alkanes) is 2. The first-order chi connectivity index (χ1) is 42.8. The number of carbonyl (C=O) groups excluding carboxylic acids is 4. The molecule has 7 aromatic rings. The number of amides is 4. The molecule has 3 aliphatic heterocycles. The number of rotatable bonds is 22. The van der Waals surface area contributed by atoms with Crippen molar-refractivity contribution in [2.75, 3.05) is 62.6 Å². The van der Waals surface area contributed by atoms with Crippen LogP contribution in [0.2, 0.25) is 0 Å². The van der Waals surface area contributed by atoms with Crippen LogP contribution < -0.4 is 25.6 Å². The fourth-order valence-electron chi connectivity index (χ4n) is 11.4. The summed E-state index contributed by atoms with van der Waals surface area (Å²) in [5, 5.41) is 40.5. The molecule has 0 spiro atoms. The minimum Gasteiger partial charge on any atom is -0.491 e. The highest BCUT2D eigenvalue weighted by Crippen LogP contribution is 2.40. The number of carboxylic acid groups (broad SMARTS) is 1. The van der Waals surface area contributed by atoms with Gasteiger partial charge in [0.25, 0.3) is 0 Å². The number of benzene rings is 3. The third-order valence-corrected chi connectivity index (χ3v) is 19.4. The predicted octanol–water partition coefficient (Wildman–Crippen LogP) is 9.78. The lowest BCUT2D eigenvalue weighted by Gasteiger charge is -2.35. The van der Waals surface area contributed by atoms with E-state index in [4.69, 9.17) is 4.74 Å². The van der Waals surface area contributed by atoms with Gasteiger partial charge in [-0.3, -0.25) is 24.1 Å². The summed E-state index contributed by atoms with van der Waals surface area (Å²) >= 11 is 4.41. The molecule has 4 atom stereocenters. The lowest BCUT2D eigenvalue weighted by atomic mass is 9.85. The van der Waals surface area contributed by atoms with Crippen molar-refractivity contribution < 1.29 is 43.3 Å². The Balaban J connectivity index is 0.615. The molecule has 89 heavy (non-hydrogen) atoms. The molecule has 3 aromatic carbocycles. The van der Waals surface area contributed by atoms with Gasteiger partial charge in [-0.1, -0.05) is 86.8 Å². The number of hydrogen-bond donors (Lipinski definition) is 5. The van der Waals surface area contributed by atoms with E-state index >= 15 is 4.39 Å².